The van der Waals surface area contributed by atoms with E-state index in [-0.39, 0.29) is 0 Å². The smallest absolute Gasteiger partial charge is 0.164 e. The maximum Gasteiger partial charge on any atom is 0.164 e. The van der Waals surface area contributed by atoms with Gasteiger partial charge in [0.2, 0.25) is 0 Å². The van der Waals surface area contributed by atoms with E-state index in [1.165, 1.54) is 4.88 Å². The molecular weight excluding hydrogens is 206 g/mol. The van der Waals surface area contributed by atoms with Crippen molar-refractivity contribution in [1.82, 2.24) is 4.98 Å². The zero-order chi connectivity index (χ0) is 10.3. The summed E-state index contributed by atoms with van der Waals surface area (Å²) >= 11 is 1.65. The molecule has 0 aliphatic heterocycles. The van der Waals surface area contributed by atoms with Crippen LogP contribution in [0.3, 0.4) is 0 Å². The molecular formula is C12H9NOS. The minimum atomic E-state index is 0.856. The van der Waals surface area contributed by atoms with Crippen LogP contribution in [0.15, 0.2) is 40.9 Å². The van der Waals surface area contributed by atoms with Crippen molar-refractivity contribution < 1.29 is 4.42 Å². The summed E-state index contributed by atoms with van der Waals surface area (Å²) in [7, 11) is 0. The molecule has 3 heteroatoms. The number of para-hydroxylation sites is 1. The van der Waals surface area contributed by atoms with Crippen LogP contribution in [0.4, 0.5) is 0 Å². The average molecular weight is 215 g/mol. The van der Waals surface area contributed by atoms with Crippen LogP contribution in [0.1, 0.15) is 4.88 Å². The number of hydrogen-bond acceptors (Lipinski definition) is 3. The minimum absolute atomic E-state index is 0.856. The molecule has 0 fully saturated rings. The first-order valence-electron chi connectivity index (χ1n) is 4.74. The number of furan rings is 1. The Balaban J connectivity index is 2.19. The zero-order valence-corrected chi connectivity index (χ0v) is 9.04. The summed E-state index contributed by atoms with van der Waals surface area (Å²) in [5.41, 5.74) is 0.917. The third-order valence-electron chi connectivity index (χ3n) is 2.26. The molecule has 2 nitrogen and oxygen atoms in total. The summed E-state index contributed by atoms with van der Waals surface area (Å²) < 4.78 is 5.72. The molecule has 2 aromatic heterocycles. The van der Waals surface area contributed by atoms with Crippen LogP contribution < -0.4 is 0 Å². The Hall–Kier alpha value is -1.61. The van der Waals surface area contributed by atoms with Crippen molar-refractivity contribution in [3.63, 3.8) is 0 Å². The molecule has 0 amide bonds. The van der Waals surface area contributed by atoms with Crippen molar-refractivity contribution in [3.05, 3.63) is 41.4 Å². The monoisotopic (exact) mass is 215 g/mol. The number of benzene rings is 1. The number of thiazole rings is 1. The van der Waals surface area contributed by atoms with E-state index in [0.717, 1.165) is 21.7 Å². The van der Waals surface area contributed by atoms with E-state index in [4.69, 9.17) is 4.42 Å². The van der Waals surface area contributed by atoms with Gasteiger partial charge in [-0.1, -0.05) is 18.2 Å². The summed E-state index contributed by atoms with van der Waals surface area (Å²) in [5, 5.41) is 2.07. The van der Waals surface area contributed by atoms with E-state index < -0.39 is 0 Å². The fourth-order valence-electron chi connectivity index (χ4n) is 1.56. The van der Waals surface area contributed by atoms with Crippen molar-refractivity contribution in [3.8, 4) is 10.8 Å². The fourth-order valence-corrected chi connectivity index (χ4v) is 2.27. The second-order valence-corrected chi connectivity index (χ2v) is 4.66. The lowest BCUT2D eigenvalue weighted by molar-refractivity contribution is 0.631. The second-order valence-electron chi connectivity index (χ2n) is 3.42. The van der Waals surface area contributed by atoms with Crippen LogP contribution in [-0.2, 0) is 0 Å². The first kappa shape index (κ1) is 8.68. The van der Waals surface area contributed by atoms with Crippen molar-refractivity contribution in [1.29, 1.82) is 0 Å². The SMILES string of the molecule is Cc1cnc(-c2cc3ccccc3o2)s1. The quantitative estimate of drug-likeness (QED) is 0.616. The van der Waals surface area contributed by atoms with E-state index in [9.17, 15) is 0 Å². The van der Waals surface area contributed by atoms with Gasteiger partial charge in [0.05, 0.1) is 0 Å². The molecule has 15 heavy (non-hydrogen) atoms. The van der Waals surface area contributed by atoms with Crippen LogP contribution in [0.5, 0.6) is 0 Å². The molecule has 0 radical (unpaired) electrons. The highest BCUT2D eigenvalue weighted by atomic mass is 32.1. The lowest BCUT2D eigenvalue weighted by Crippen LogP contribution is -1.66. The van der Waals surface area contributed by atoms with Gasteiger partial charge in [0.25, 0.3) is 0 Å². The maximum atomic E-state index is 5.72. The molecule has 0 atom stereocenters. The molecule has 0 aliphatic carbocycles. The number of nitrogens with zero attached hydrogens (tertiary/aromatic N) is 1. The number of aromatic nitrogens is 1. The highest BCUT2D eigenvalue weighted by molar-refractivity contribution is 7.14. The summed E-state index contributed by atoms with van der Waals surface area (Å²) in [6.45, 7) is 2.05. The summed E-state index contributed by atoms with van der Waals surface area (Å²) in [6, 6.07) is 10.0. The summed E-state index contributed by atoms with van der Waals surface area (Å²) in [4.78, 5) is 5.51. The van der Waals surface area contributed by atoms with Crippen LogP contribution in [0, 0.1) is 6.92 Å². The molecule has 0 unspecified atom stereocenters. The summed E-state index contributed by atoms with van der Waals surface area (Å²) in [5.74, 6) is 0.856. The van der Waals surface area contributed by atoms with Gasteiger partial charge >= 0.3 is 0 Å². The molecule has 2 heterocycles. The van der Waals surface area contributed by atoms with Gasteiger partial charge in [-0.2, -0.15) is 0 Å². The Morgan fingerprint density at radius 1 is 1.27 bits per heavy atom. The number of fused-ring (bicyclic) bond motifs is 1. The first-order chi connectivity index (χ1) is 7.33. The van der Waals surface area contributed by atoms with E-state index in [1.54, 1.807) is 11.3 Å². The lowest BCUT2D eigenvalue weighted by Gasteiger charge is -1.86. The van der Waals surface area contributed by atoms with Gasteiger partial charge in [-0.05, 0) is 19.1 Å². The van der Waals surface area contributed by atoms with Gasteiger partial charge in [-0.25, -0.2) is 4.98 Å². The summed E-state index contributed by atoms with van der Waals surface area (Å²) in [6.07, 6.45) is 1.87. The Morgan fingerprint density at radius 3 is 2.87 bits per heavy atom. The van der Waals surface area contributed by atoms with Crippen LogP contribution in [0.25, 0.3) is 21.7 Å². The van der Waals surface area contributed by atoms with Crippen molar-refractivity contribution in [2.24, 2.45) is 0 Å². The zero-order valence-electron chi connectivity index (χ0n) is 8.23. The number of aryl methyl sites for hydroxylation is 1. The van der Waals surface area contributed by atoms with E-state index >= 15 is 0 Å². The van der Waals surface area contributed by atoms with E-state index in [1.807, 2.05) is 43.5 Å². The van der Waals surface area contributed by atoms with Crippen molar-refractivity contribution in [2.45, 2.75) is 6.92 Å². The predicted molar refractivity (Wildman–Crippen MR) is 62.1 cm³/mol. The normalized spacial score (nSPS) is 11.0. The van der Waals surface area contributed by atoms with E-state index in [0.29, 0.717) is 0 Å². The number of rotatable bonds is 1. The fraction of sp³-hybridized carbons (Fsp3) is 0.0833. The topological polar surface area (TPSA) is 26.0 Å². The van der Waals surface area contributed by atoms with E-state index in [2.05, 4.69) is 4.98 Å². The molecule has 0 bridgehead atoms. The lowest BCUT2D eigenvalue weighted by atomic mass is 10.2. The van der Waals surface area contributed by atoms with Crippen LogP contribution in [0.2, 0.25) is 0 Å². The highest BCUT2D eigenvalue weighted by Crippen LogP contribution is 2.30. The molecule has 0 N–H and O–H groups in total. The highest BCUT2D eigenvalue weighted by Gasteiger charge is 2.08. The standard InChI is InChI=1S/C12H9NOS/c1-8-7-13-12(15-8)11-6-9-4-2-3-5-10(9)14-11/h2-7H,1H3. The largest absolute Gasteiger partial charge is 0.454 e. The molecule has 74 valence electrons. The predicted octanol–water partition coefficient (Wildman–Crippen LogP) is 3.86. The average Bonchev–Trinajstić information content (AvgIpc) is 2.82. The van der Waals surface area contributed by atoms with Crippen molar-refractivity contribution in [2.75, 3.05) is 0 Å². The Labute approximate surface area is 91.2 Å². The molecule has 3 aromatic rings. The Bertz CT molecular complexity index is 576. The van der Waals surface area contributed by atoms with Crippen LogP contribution >= 0.6 is 11.3 Å². The molecule has 0 aliphatic rings. The maximum absolute atomic E-state index is 5.72. The number of hydrogen-bond donors (Lipinski definition) is 0. The minimum Gasteiger partial charge on any atom is -0.454 e. The van der Waals surface area contributed by atoms with Gasteiger partial charge in [-0.3, -0.25) is 0 Å². The van der Waals surface area contributed by atoms with Gasteiger partial charge in [0, 0.05) is 16.5 Å². The van der Waals surface area contributed by atoms with Gasteiger partial charge < -0.3 is 4.42 Å². The third kappa shape index (κ3) is 1.45. The molecule has 3 rings (SSSR count). The molecule has 0 saturated carbocycles. The Kier molecular flexibility index (Phi) is 1.86. The first-order valence-corrected chi connectivity index (χ1v) is 5.56. The van der Waals surface area contributed by atoms with Gasteiger partial charge in [-0.15, -0.1) is 11.3 Å². The third-order valence-corrected chi connectivity index (χ3v) is 3.18. The molecule has 0 saturated heterocycles. The van der Waals surface area contributed by atoms with Gasteiger partial charge in [0.1, 0.15) is 5.58 Å². The van der Waals surface area contributed by atoms with Crippen LogP contribution in [-0.4, -0.2) is 4.98 Å². The second kappa shape index (κ2) is 3.21. The Morgan fingerprint density at radius 2 is 2.13 bits per heavy atom. The van der Waals surface area contributed by atoms with Crippen molar-refractivity contribution >= 4 is 22.3 Å². The van der Waals surface area contributed by atoms with Gasteiger partial charge in [0.15, 0.2) is 10.8 Å². The molecule has 1 aromatic carbocycles. The molecule has 0 spiro atoms.